The number of ether oxygens (including phenoxy) is 1. The van der Waals surface area contributed by atoms with Crippen LogP contribution in [0.1, 0.15) is 112 Å². The minimum atomic E-state index is 0.471. The molecule has 4 aliphatic carbocycles. The summed E-state index contributed by atoms with van der Waals surface area (Å²) in [4.78, 5) is 0. The van der Waals surface area contributed by atoms with Crippen LogP contribution < -0.4 is 0 Å². The first-order chi connectivity index (χ1) is 14.3. The van der Waals surface area contributed by atoms with Crippen LogP contribution in [0.5, 0.6) is 0 Å². The van der Waals surface area contributed by atoms with Crippen molar-refractivity contribution in [3.05, 3.63) is 11.6 Å². The molecule has 4 aliphatic rings. The fraction of sp³-hybridized carbons (Fsp3) is 0.931. The Kier molecular flexibility index (Phi) is 6.80. The number of hydrogen-bond donors (Lipinski definition) is 0. The summed E-state index contributed by atoms with van der Waals surface area (Å²) in [7, 11) is 0. The molecular weight excluding hydrogens is 364 g/mol. The summed E-state index contributed by atoms with van der Waals surface area (Å²) < 4.78 is 6.04. The van der Waals surface area contributed by atoms with Crippen molar-refractivity contribution in [2.45, 2.75) is 118 Å². The predicted octanol–water partition coefficient (Wildman–Crippen LogP) is 8.43. The van der Waals surface area contributed by atoms with Gasteiger partial charge >= 0.3 is 0 Å². The highest BCUT2D eigenvalue weighted by molar-refractivity contribution is 5.25. The molecule has 0 amide bonds. The van der Waals surface area contributed by atoms with Gasteiger partial charge in [0.25, 0.3) is 0 Å². The average molecular weight is 415 g/mol. The largest absolute Gasteiger partial charge is 0.378 e. The molecule has 1 heteroatoms. The van der Waals surface area contributed by atoms with Gasteiger partial charge in [0.1, 0.15) is 0 Å². The lowest BCUT2D eigenvalue weighted by Crippen LogP contribution is -2.51. The van der Waals surface area contributed by atoms with Crippen LogP contribution >= 0.6 is 0 Å². The number of rotatable bonds is 7. The summed E-state index contributed by atoms with van der Waals surface area (Å²) in [6.45, 7) is 15.7. The molecule has 4 rings (SSSR count). The molecule has 1 unspecified atom stereocenters. The van der Waals surface area contributed by atoms with Gasteiger partial charge in [-0.2, -0.15) is 0 Å². The Labute approximate surface area is 187 Å². The predicted molar refractivity (Wildman–Crippen MR) is 128 cm³/mol. The van der Waals surface area contributed by atoms with Crippen molar-refractivity contribution >= 4 is 0 Å². The molecule has 3 fully saturated rings. The zero-order valence-electron chi connectivity index (χ0n) is 21.0. The second-order valence-corrected chi connectivity index (χ2v) is 12.6. The van der Waals surface area contributed by atoms with Crippen molar-refractivity contribution in [1.29, 1.82) is 0 Å². The van der Waals surface area contributed by atoms with Crippen LogP contribution in [0.3, 0.4) is 0 Å². The van der Waals surface area contributed by atoms with Gasteiger partial charge in [0.15, 0.2) is 0 Å². The highest BCUT2D eigenvalue weighted by atomic mass is 16.5. The molecule has 8 atom stereocenters. The van der Waals surface area contributed by atoms with Crippen molar-refractivity contribution < 1.29 is 4.74 Å². The van der Waals surface area contributed by atoms with Crippen molar-refractivity contribution in [3.63, 3.8) is 0 Å². The van der Waals surface area contributed by atoms with Crippen LogP contribution in [0.4, 0.5) is 0 Å². The van der Waals surface area contributed by atoms with E-state index in [1.807, 2.05) is 0 Å². The van der Waals surface area contributed by atoms with E-state index in [0.717, 1.165) is 42.1 Å². The quantitative estimate of drug-likeness (QED) is 0.380. The minimum absolute atomic E-state index is 0.471. The molecule has 0 heterocycles. The Balaban J connectivity index is 1.47. The lowest BCUT2D eigenvalue weighted by molar-refractivity contribution is -0.0630. The average Bonchev–Trinajstić information content (AvgIpc) is 3.05. The summed E-state index contributed by atoms with van der Waals surface area (Å²) in [6, 6.07) is 0. The molecule has 0 aromatic heterocycles. The molecule has 0 aromatic rings. The van der Waals surface area contributed by atoms with Gasteiger partial charge in [-0.15, -0.1) is 0 Å². The third-order valence-corrected chi connectivity index (χ3v) is 10.7. The number of hydrogen-bond acceptors (Lipinski definition) is 1. The zero-order chi connectivity index (χ0) is 21.5. The Morgan fingerprint density at radius 1 is 1.00 bits per heavy atom. The third-order valence-electron chi connectivity index (χ3n) is 10.7. The van der Waals surface area contributed by atoms with E-state index in [1.54, 1.807) is 5.57 Å². The molecule has 0 bridgehead atoms. The molecule has 1 nitrogen and oxygen atoms in total. The number of fused-ring (bicyclic) bond motifs is 5. The monoisotopic (exact) mass is 414 g/mol. The van der Waals surface area contributed by atoms with E-state index in [4.69, 9.17) is 4.74 Å². The van der Waals surface area contributed by atoms with Gasteiger partial charge in [-0.05, 0) is 105 Å². The van der Waals surface area contributed by atoms with Crippen molar-refractivity contribution in [3.8, 4) is 0 Å². The Morgan fingerprint density at radius 2 is 1.80 bits per heavy atom. The first-order valence-corrected chi connectivity index (χ1v) is 13.6. The Morgan fingerprint density at radius 3 is 2.53 bits per heavy atom. The lowest BCUT2D eigenvalue weighted by atomic mass is 9.47. The summed E-state index contributed by atoms with van der Waals surface area (Å²) in [5.41, 5.74) is 2.86. The maximum atomic E-state index is 6.04. The SMILES string of the molecule is CCOC1CC[C@@]2(C)C(=CC[C@H]3[C@@H]4CC[C@H]([C@H](C)CCCC(C)C)[C@@]4(C)CC[C@@H]32)C1. The summed E-state index contributed by atoms with van der Waals surface area (Å²) in [5, 5.41) is 0. The molecule has 3 saturated carbocycles. The Hall–Kier alpha value is -0.300. The first kappa shape index (κ1) is 22.9. The van der Waals surface area contributed by atoms with Gasteiger partial charge in [0.05, 0.1) is 6.10 Å². The molecule has 30 heavy (non-hydrogen) atoms. The zero-order valence-corrected chi connectivity index (χ0v) is 21.0. The van der Waals surface area contributed by atoms with Gasteiger partial charge in [0, 0.05) is 6.61 Å². The van der Waals surface area contributed by atoms with Crippen LogP contribution in [-0.4, -0.2) is 12.7 Å². The van der Waals surface area contributed by atoms with E-state index in [1.165, 1.54) is 70.6 Å². The van der Waals surface area contributed by atoms with Gasteiger partial charge < -0.3 is 4.74 Å². The van der Waals surface area contributed by atoms with E-state index >= 15 is 0 Å². The van der Waals surface area contributed by atoms with Crippen LogP contribution in [0.25, 0.3) is 0 Å². The molecule has 0 spiro atoms. The smallest absolute Gasteiger partial charge is 0.0612 e. The van der Waals surface area contributed by atoms with Crippen molar-refractivity contribution in [1.82, 2.24) is 0 Å². The van der Waals surface area contributed by atoms with E-state index in [9.17, 15) is 0 Å². The molecule has 0 saturated heterocycles. The van der Waals surface area contributed by atoms with E-state index in [-0.39, 0.29) is 0 Å². The van der Waals surface area contributed by atoms with Gasteiger partial charge in [0.2, 0.25) is 0 Å². The summed E-state index contributed by atoms with van der Waals surface area (Å²) >= 11 is 0. The van der Waals surface area contributed by atoms with Crippen LogP contribution in [0, 0.1) is 46.3 Å². The van der Waals surface area contributed by atoms with Crippen LogP contribution in [0.15, 0.2) is 11.6 Å². The highest BCUT2D eigenvalue weighted by Crippen LogP contribution is 2.67. The molecular formula is C29H50O. The van der Waals surface area contributed by atoms with Crippen molar-refractivity contribution in [2.75, 3.05) is 6.61 Å². The second kappa shape index (κ2) is 8.92. The molecule has 172 valence electrons. The molecule has 0 aliphatic heterocycles. The highest BCUT2D eigenvalue weighted by Gasteiger charge is 2.59. The number of allylic oxidation sites excluding steroid dienone is 1. The maximum absolute atomic E-state index is 6.04. The normalized spacial score (nSPS) is 44.2. The van der Waals surface area contributed by atoms with E-state index in [2.05, 4.69) is 47.6 Å². The lowest BCUT2D eigenvalue weighted by Gasteiger charge is -2.58. The van der Waals surface area contributed by atoms with Crippen molar-refractivity contribution in [2.24, 2.45) is 46.3 Å². The van der Waals surface area contributed by atoms with Gasteiger partial charge in [-0.25, -0.2) is 0 Å². The maximum Gasteiger partial charge on any atom is 0.0612 e. The molecule has 0 N–H and O–H groups in total. The van der Waals surface area contributed by atoms with Crippen LogP contribution in [0.2, 0.25) is 0 Å². The van der Waals surface area contributed by atoms with E-state index in [0.29, 0.717) is 16.9 Å². The van der Waals surface area contributed by atoms with Gasteiger partial charge in [-0.3, -0.25) is 0 Å². The van der Waals surface area contributed by atoms with E-state index < -0.39 is 0 Å². The second-order valence-electron chi connectivity index (χ2n) is 12.6. The van der Waals surface area contributed by atoms with Gasteiger partial charge in [-0.1, -0.05) is 65.5 Å². The molecule has 0 aromatic carbocycles. The summed E-state index contributed by atoms with van der Waals surface area (Å²) in [6.07, 6.45) is 18.7. The summed E-state index contributed by atoms with van der Waals surface area (Å²) in [5.74, 6) is 5.63. The van der Waals surface area contributed by atoms with Crippen LogP contribution in [-0.2, 0) is 4.74 Å². The third kappa shape index (κ3) is 3.95. The fourth-order valence-electron chi connectivity index (χ4n) is 9.03. The topological polar surface area (TPSA) is 9.23 Å². The minimum Gasteiger partial charge on any atom is -0.378 e. The molecule has 0 radical (unpaired) electrons. The standard InChI is InChI=1S/C29H50O/c1-7-30-23-15-17-28(5)22(19-23)11-12-24-26-14-13-25(21(4)10-8-9-20(2)3)29(26,6)18-16-27(24)28/h11,20-21,23-27H,7-10,12-19H2,1-6H3/t21-,23?,24+,25-,26+,27+,28+,29-/m1/s1. The first-order valence-electron chi connectivity index (χ1n) is 13.6. The fourth-order valence-corrected chi connectivity index (χ4v) is 9.03. The Bertz CT molecular complexity index is 620.